The third kappa shape index (κ3) is 1.72. The molecule has 2 unspecified atom stereocenters. The lowest BCUT2D eigenvalue weighted by molar-refractivity contribution is -0.149. The Bertz CT molecular complexity index is 380. The Morgan fingerprint density at radius 1 is 1.50 bits per heavy atom. The second-order valence-electron chi connectivity index (χ2n) is 5.71. The zero-order chi connectivity index (χ0) is 12.8. The minimum Gasteiger partial charge on any atom is -0.468 e. The van der Waals surface area contributed by atoms with Crippen LogP contribution in [0.25, 0.3) is 0 Å². The molecule has 2 heterocycles. The van der Waals surface area contributed by atoms with Gasteiger partial charge in [-0.2, -0.15) is 0 Å². The molecule has 0 aromatic rings. The normalized spacial score (nSPS) is 34.8. The van der Waals surface area contributed by atoms with Gasteiger partial charge in [-0.05, 0) is 38.1 Å². The Kier molecular flexibility index (Phi) is 2.81. The van der Waals surface area contributed by atoms with Crippen molar-refractivity contribution in [1.82, 2.24) is 10.2 Å². The fourth-order valence-electron chi connectivity index (χ4n) is 3.33. The molecule has 0 aromatic heterocycles. The first-order chi connectivity index (χ1) is 8.67. The van der Waals surface area contributed by atoms with Gasteiger partial charge in [0, 0.05) is 6.54 Å². The smallest absolute Gasteiger partial charge is 0.328 e. The molecule has 2 atom stereocenters. The summed E-state index contributed by atoms with van der Waals surface area (Å²) in [5.74, 6) is 0.495. The van der Waals surface area contributed by atoms with E-state index < -0.39 is 5.54 Å². The predicted molar refractivity (Wildman–Crippen MR) is 64.8 cm³/mol. The minimum absolute atomic E-state index is 0.00352. The standard InChI is InChI=1S/C13H20N2O3/c1-18-12(17)13(14-8-9-4-5-9)7-11(16)15-6-2-3-10(13)15/h9-10,14H,2-8H2,1H3. The molecule has 0 bridgehead atoms. The number of amides is 1. The lowest BCUT2D eigenvalue weighted by Gasteiger charge is -2.32. The lowest BCUT2D eigenvalue weighted by atomic mass is 9.88. The molecular weight excluding hydrogens is 232 g/mol. The third-order valence-corrected chi connectivity index (χ3v) is 4.52. The van der Waals surface area contributed by atoms with Crippen molar-refractivity contribution in [3.63, 3.8) is 0 Å². The summed E-state index contributed by atoms with van der Waals surface area (Å²) in [7, 11) is 1.41. The molecule has 3 fully saturated rings. The van der Waals surface area contributed by atoms with Gasteiger partial charge in [-0.15, -0.1) is 0 Å². The second kappa shape index (κ2) is 4.23. The summed E-state index contributed by atoms with van der Waals surface area (Å²) in [5.41, 5.74) is -0.787. The summed E-state index contributed by atoms with van der Waals surface area (Å²) >= 11 is 0. The number of ether oxygens (including phenoxy) is 1. The monoisotopic (exact) mass is 252 g/mol. The van der Waals surface area contributed by atoms with E-state index in [0.717, 1.165) is 25.9 Å². The first-order valence-corrected chi connectivity index (χ1v) is 6.80. The van der Waals surface area contributed by atoms with Crippen LogP contribution in [-0.2, 0) is 14.3 Å². The molecule has 0 aromatic carbocycles. The largest absolute Gasteiger partial charge is 0.468 e. The zero-order valence-corrected chi connectivity index (χ0v) is 10.8. The summed E-state index contributed by atoms with van der Waals surface area (Å²) in [6.45, 7) is 1.61. The molecule has 3 rings (SSSR count). The van der Waals surface area contributed by atoms with Crippen molar-refractivity contribution in [3.05, 3.63) is 0 Å². The maximum Gasteiger partial charge on any atom is 0.328 e. The predicted octanol–water partition coefficient (Wildman–Crippen LogP) is 0.292. The van der Waals surface area contributed by atoms with Crippen LogP contribution in [0.3, 0.4) is 0 Å². The van der Waals surface area contributed by atoms with E-state index in [4.69, 9.17) is 4.74 Å². The van der Waals surface area contributed by atoms with Gasteiger partial charge in [0.1, 0.15) is 5.54 Å². The number of nitrogens with one attached hydrogen (secondary N) is 1. The number of carbonyl (C=O) groups excluding carboxylic acids is 2. The highest BCUT2D eigenvalue weighted by molar-refractivity contribution is 5.94. The molecule has 0 spiro atoms. The van der Waals surface area contributed by atoms with Crippen molar-refractivity contribution in [1.29, 1.82) is 0 Å². The zero-order valence-electron chi connectivity index (χ0n) is 10.8. The van der Waals surface area contributed by atoms with Gasteiger partial charge in [0.2, 0.25) is 5.91 Å². The van der Waals surface area contributed by atoms with Crippen molar-refractivity contribution in [2.24, 2.45) is 5.92 Å². The Morgan fingerprint density at radius 3 is 2.94 bits per heavy atom. The minimum atomic E-state index is -0.787. The summed E-state index contributed by atoms with van der Waals surface area (Å²) < 4.78 is 4.97. The summed E-state index contributed by atoms with van der Waals surface area (Å²) in [6.07, 6.45) is 4.61. The van der Waals surface area contributed by atoms with Gasteiger partial charge in [0.05, 0.1) is 19.6 Å². The van der Waals surface area contributed by atoms with Crippen LogP contribution in [0.5, 0.6) is 0 Å². The molecule has 18 heavy (non-hydrogen) atoms. The van der Waals surface area contributed by atoms with Crippen molar-refractivity contribution >= 4 is 11.9 Å². The Hall–Kier alpha value is -1.10. The highest BCUT2D eigenvalue weighted by Gasteiger charge is 2.58. The first-order valence-electron chi connectivity index (χ1n) is 6.80. The maximum absolute atomic E-state index is 12.2. The van der Waals surface area contributed by atoms with Gasteiger partial charge in [-0.25, -0.2) is 4.79 Å². The van der Waals surface area contributed by atoms with Gasteiger partial charge < -0.3 is 9.64 Å². The van der Waals surface area contributed by atoms with Gasteiger partial charge in [0.25, 0.3) is 0 Å². The third-order valence-electron chi connectivity index (χ3n) is 4.52. The lowest BCUT2D eigenvalue weighted by Crippen LogP contribution is -2.59. The van der Waals surface area contributed by atoms with E-state index in [1.165, 1.54) is 20.0 Å². The van der Waals surface area contributed by atoms with E-state index in [9.17, 15) is 9.59 Å². The molecule has 1 saturated carbocycles. The summed E-state index contributed by atoms with van der Waals surface area (Å²) in [4.78, 5) is 26.1. The van der Waals surface area contributed by atoms with Gasteiger partial charge in [-0.1, -0.05) is 0 Å². The molecule has 2 saturated heterocycles. The quantitative estimate of drug-likeness (QED) is 0.731. The number of nitrogens with zero attached hydrogens (tertiary/aromatic N) is 1. The van der Waals surface area contributed by atoms with E-state index in [-0.39, 0.29) is 24.3 Å². The van der Waals surface area contributed by atoms with Crippen LogP contribution < -0.4 is 5.32 Å². The Morgan fingerprint density at radius 2 is 2.28 bits per heavy atom. The van der Waals surface area contributed by atoms with Crippen LogP contribution in [0.2, 0.25) is 0 Å². The average Bonchev–Trinajstić information content (AvgIpc) is 2.98. The van der Waals surface area contributed by atoms with E-state index >= 15 is 0 Å². The Balaban J connectivity index is 1.83. The van der Waals surface area contributed by atoms with Crippen LogP contribution >= 0.6 is 0 Å². The molecule has 100 valence electrons. The first kappa shape index (κ1) is 12.0. The number of methoxy groups -OCH3 is 1. The topological polar surface area (TPSA) is 58.6 Å². The second-order valence-corrected chi connectivity index (χ2v) is 5.71. The number of fused-ring (bicyclic) bond motifs is 1. The van der Waals surface area contributed by atoms with Crippen molar-refractivity contribution < 1.29 is 14.3 Å². The average molecular weight is 252 g/mol. The van der Waals surface area contributed by atoms with E-state index in [0.29, 0.717) is 5.92 Å². The van der Waals surface area contributed by atoms with E-state index in [1.807, 2.05) is 4.90 Å². The maximum atomic E-state index is 12.2. The molecule has 1 amide bonds. The van der Waals surface area contributed by atoms with Crippen molar-refractivity contribution in [2.45, 2.75) is 43.7 Å². The van der Waals surface area contributed by atoms with Gasteiger partial charge >= 0.3 is 5.97 Å². The number of rotatable bonds is 4. The fraction of sp³-hybridized carbons (Fsp3) is 0.846. The molecule has 5 heteroatoms. The van der Waals surface area contributed by atoms with Crippen LogP contribution in [-0.4, -0.2) is 48.6 Å². The van der Waals surface area contributed by atoms with E-state index in [2.05, 4.69) is 5.32 Å². The molecule has 5 nitrogen and oxygen atoms in total. The van der Waals surface area contributed by atoms with Crippen LogP contribution in [0.4, 0.5) is 0 Å². The summed E-state index contributed by atoms with van der Waals surface area (Å²) in [6, 6.07) is -0.00352. The molecule has 2 aliphatic heterocycles. The highest BCUT2D eigenvalue weighted by atomic mass is 16.5. The van der Waals surface area contributed by atoms with Crippen LogP contribution in [0, 0.1) is 5.92 Å². The van der Waals surface area contributed by atoms with Crippen molar-refractivity contribution in [3.8, 4) is 0 Å². The molecule has 1 aliphatic carbocycles. The van der Waals surface area contributed by atoms with Crippen LogP contribution in [0.1, 0.15) is 32.1 Å². The van der Waals surface area contributed by atoms with Crippen LogP contribution in [0.15, 0.2) is 0 Å². The van der Waals surface area contributed by atoms with E-state index in [1.54, 1.807) is 0 Å². The van der Waals surface area contributed by atoms with Gasteiger partial charge in [-0.3, -0.25) is 10.1 Å². The number of hydrogen-bond acceptors (Lipinski definition) is 4. The van der Waals surface area contributed by atoms with Gasteiger partial charge in [0.15, 0.2) is 0 Å². The number of hydrogen-bond donors (Lipinski definition) is 1. The SMILES string of the molecule is COC(=O)C1(NCC2CC2)CC(=O)N2CCCC21. The highest BCUT2D eigenvalue weighted by Crippen LogP contribution is 2.39. The molecule has 1 N–H and O–H groups in total. The van der Waals surface area contributed by atoms with Crippen molar-refractivity contribution in [2.75, 3.05) is 20.2 Å². The molecule has 3 aliphatic rings. The number of esters is 1. The number of carbonyl (C=O) groups is 2. The Labute approximate surface area is 107 Å². The summed E-state index contributed by atoms with van der Waals surface area (Å²) in [5, 5.41) is 3.37. The molecular formula is C13H20N2O3. The fourth-order valence-corrected chi connectivity index (χ4v) is 3.33. The molecule has 0 radical (unpaired) electrons.